The Kier molecular flexibility index (Phi) is 5.38. The summed E-state index contributed by atoms with van der Waals surface area (Å²) in [7, 11) is 0. The van der Waals surface area contributed by atoms with Gasteiger partial charge in [0.05, 0.1) is 0 Å². The number of amides is 2. The summed E-state index contributed by atoms with van der Waals surface area (Å²) in [4.78, 5) is 26.7. The van der Waals surface area contributed by atoms with Crippen molar-refractivity contribution in [2.24, 2.45) is 0 Å². The Labute approximate surface area is 169 Å². The summed E-state index contributed by atoms with van der Waals surface area (Å²) in [6.45, 7) is 1.16. The Morgan fingerprint density at radius 3 is 2.45 bits per heavy atom. The van der Waals surface area contributed by atoms with E-state index < -0.39 is 0 Å². The molecule has 29 heavy (non-hydrogen) atoms. The largest absolute Gasteiger partial charge is 0.352 e. The highest BCUT2D eigenvalue weighted by Gasteiger charge is 2.25. The van der Waals surface area contributed by atoms with E-state index in [1.54, 1.807) is 0 Å². The molecule has 1 aliphatic heterocycles. The fourth-order valence-electron chi connectivity index (χ4n) is 3.58. The van der Waals surface area contributed by atoms with E-state index in [0.29, 0.717) is 30.6 Å². The van der Waals surface area contributed by atoms with Crippen LogP contribution in [0.2, 0.25) is 0 Å². The van der Waals surface area contributed by atoms with Crippen LogP contribution in [0.15, 0.2) is 72.8 Å². The van der Waals surface area contributed by atoms with Gasteiger partial charge < -0.3 is 10.2 Å². The van der Waals surface area contributed by atoms with Crippen LogP contribution >= 0.6 is 0 Å². The number of fused-ring (bicyclic) bond motifs is 1. The molecule has 4 nitrogen and oxygen atoms in total. The van der Waals surface area contributed by atoms with Crippen LogP contribution < -0.4 is 10.2 Å². The molecule has 0 spiro atoms. The number of halogens is 1. The molecule has 0 aliphatic carbocycles. The van der Waals surface area contributed by atoms with Crippen LogP contribution in [0.4, 0.5) is 10.1 Å². The Balaban J connectivity index is 1.37. The van der Waals surface area contributed by atoms with E-state index in [4.69, 9.17) is 0 Å². The van der Waals surface area contributed by atoms with Crippen molar-refractivity contribution in [3.63, 3.8) is 0 Å². The topological polar surface area (TPSA) is 49.4 Å². The highest BCUT2D eigenvalue weighted by Crippen LogP contribution is 2.30. The molecule has 0 radical (unpaired) electrons. The first-order valence-corrected chi connectivity index (χ1v) is 9.64. The first kappa shape index (κ1) is 18.9. The second-order valence-corrected chi connectivity index (χ2v) is 7.05. The van der Waals surface area contributed by atoms with E-state index in [9.17, 15) is 14.0 Å². The summed E-state index contributed by atoms with van der Waals surface area (Å²) < 4.78 is 13.0. The molecule has 0 saturated heterocycles. The summed E-state index contributed by atoms with van der Waals surface area (Å²) in [5.41, 5.74) is 4.34. The number of rotatable bonds is 5. The normalized spacial score (nSPS) is 12.5. The first-order chi connectivity index (χ1) is 14.1. The van der Waals surface area contributed by atoms with Crippen LogP contribution in [-0.2, 0) is 12.8 Å². The van der Waals surface area contributed by atoms with Crippen LogP contribution in [-0.4, -0.2) is 24.9 Å². The lowest BCUT2D eigenvalue weighted by Crippen LogP contribution is -2.28. The van der Waals surface area contributed by atoms with Crippen molar-refractivity contribution in [2.45, 2.75) is 12.8 Å². The predicted molar refractivity (Wildman–Crippen MR) is 111 cm³/mol. The summed E-state index contributed by atoms with van der Waals surface area (Å²) in [6, 6.07) is 20.9. The molecule has 3 aromatic rings. The highest BCUT2D eigenvalue weighted by molar-refractivity contribution is 6.07. The number of hydrogen-bond donors (Lipinski definition) is 1. The monoisotopic (exact) mass is 388 g/mol. The zero-order valence-corrected chi connectivity index (χ0v) is 15.9. The third kappa shape index (κ3) is 4.19. The molecule has 0 aromatic heterocycles. The second-order valence-electron chi connectivity index (χ2n) is 7.05. The van der Waals surface area contributed by atoms with Gasteiger partial charge in [-0.1, -0.05) is 30.3 Å². The van der Waals surface area contributed by atoms with Gasteiger partial charge in [-0.05, 0) is 66.4 Å². The molecule has 146 valence electrons. The van der Waals surface area contributed by atoms with Crippen LogP contribution in [0, 0.1) is 5.82 Å². The van der Waals surface area contributed by atoms with Crippen molar-refractivity contribution in [1.29, 1.82) is 0 Å². The molecular formula is C24H21FN2O2. The van der Waals surface area contributed by atoms with Crippen molar-refractivity contribution in [1.82, 2.24) is 5.32 Å². The summed E-state index contributed by atoms with van der Waals surface area (Å²) in [5.74, 6) is -0.561. The SMILES string of the molecule is O=C(NCCc1ccc2c(c1)CCN2C(=O)c1ccccc1)c1ccc(F)cc1. The van der Waals surface area contributed by atoms with Crippen molar-refractivity contribution < 1.29 is 14.0 Å². The fraction of sp³-hybridized carbons (Fsp3) is 0.167. The van der Waals surface area contributed by atoms with Crippen LogP contribution in [0.3, 0.4) is 0 Å². The fourth-order valence-corrected chi connectivity index (χ4v) is 3.58. The molecule has 3 aromatic carbocycles. The Bertz CT molecular complexity index is 1030. The quantitative estimate of drug-likeness (QED) is 0.718. The van der Waals surface area contributed by atoms with Gasteiger partial charge in [-0.2, -0.15) is 0 Å². The van der Waals surface area contributed by atoms with Crippen molar-refractivity contribution in [3.05, 3.63) is 101 Å². The molecule has 1 heterocycles. The van der Waals surface area contributed by atoms with E-state index >= 15 is 0 Å². The standard InChI is InChI=1S/C24H21FN2O2/c25-21-9-7-18(8-10-21)23(28)26-14-12-17-6-11-22-20(16-17)13-15-27(22)24(29)19-4-2-1-3-5-19/h1-11,16H,12-15H2,(H,26,28). The second kappa shape index (κ2) is 8.27. The van der Waals surface area contributed by atoms with E-state index in [1.807, 2.05) is 47.4 Å². The van der Waals surface area contributed by atoms with Crippen molar-refractivity contribution >= 4 is 17.5 Å². The number of anilines is 1. The average molecular weight is 388 g/mol. The van der Waals surface area contributed by atoms with E-state index in [2.05, 4.69) is 11.4 Å². The zero-order valence-electron chi connectivity index (χ0n) is 15.9. The minimum Gasteiger partial charge on any atom is -0.352 e. The minimum absolute atomic E-state index is 0.0173. The Morgan fingerprint density at radius 2 is 1.69 bits per heavy atom. The van der Waals surface area contributed by atoms with Gasteiger partial charge in [0.15, 0.2) is 0 Å². The Morgan fingerprint density at radius 1 is 0.931 bits per heavy atom. The maximum Gasteiger partial charge on any atom is 0.258 e. The predicted octanol–water partition coefficient (Wildman–Crippen LogP) is 4.00. The number of benzene rings is 3. The molecule has 0 saturated carbocycles. The molecule has 1 N–H and O–H groups in total. The van der Waals surface area contributed by atoms with E-state index in [-0.39, 0.29) is 17.6 Å². The summed E-state index contributed by atoms with van der Waals surface area (Å²) in [5, 5.41) is 2.86. The van der Waals surface area contributed by atoms with Gasteiger partial charge in [-0.15, -0.1) is 0 Å². The van der Waals surface area contributed by atoms with Gasteiger partial charge in [-0.3, -0.25) is 9.59 Å². The maximum atomic E-state index is 13.0. The van der Waals surface area contributed by atoms with Crippen molar-refractivity contribution in [3.8, 4) is 0 Å². The molecule has 0 bridgehead atoms. The van der Waals surface area contributed by atoms with Crippen LogP contribution in [0.25, 0.3) is 0 Å². The van der Waals surface area contributed by atoms with Gasteiger partial charge in [0.2, 0.25) is 0 Å². The van der Waals surface area contributed by atoms with Crippen LogP contribution in [0.5, 0.6) is 0 Å². The number of nitrogens with zero attached hydrogens (tertiary/aromatic N) is 1. The molecular weight excluding hydrogens is 367 g/mol. The van der Waals surface area contributed by atoms with E-state index in [0.717, 1.165) is 23.2 Å². The minimum atomic E-state index is -0.362. The number of carbonyl (C=O) groups excluding carboxylic acids is 2. The number of hydrogen-bond acceptors (Lipinski definition) is 2. The molecule has 2 amide bonds. The molecule has 0 fully saturated rings. The number of nitrogens with one attached hydrogen (secondary N) is 1. The van der Waals surface area contributed by atoms with Gasteiger partial charge in [-0.25, -0.2) is 4.39 Å². The van der Waals surface area contributed by atoms with Gasteiger partial charge in [0.25, 0.3) is 11.8 Å². The third-order valence-electron chi connectivity index (χ3n) is 5.11. The zero-order chi connectivity index (χ0) is 20.2. The van der Waals surface area contributed by atoms with Crippen LogP contribution in [0.1, 0.15) is 31.8 Å². The molecule has 5 heteroatoms. The number of carbonyl (C=O) groups is 2. The lowest BCUT2D eigenvalue weighted by molar-refractivity contribution is 0.0952. The van der Waals surface area contributed by atoms with Gasteiger partial charge in [0.1, 0.15) is 5.82 Å². The molecule has 0 atom stereocenters. The maximum absolute atomic E-state index is 13.0. The molecule has 0 unspecified atom stereocenters. The van der Waals surface area contributed by atoms with E-state index in [1.165, 1.54) is 24.3 Å². The molecule has 4 rings (SSSR count). The summed E-state index contributed by atoms with van der Waals surface area (Å²) >= 11 is 0. The summed E-state index contributed by atoms with van der Waals surface area (Å²) in [6.07, 6.45) is 1.51. The Hall–Kier alpha value is -3.47. The van der Waals surface area contributed by atoms with Gasteiger partial charge in [0, 0.05) is 29.9 Å². The highest BCUT2D eigenvalue weighted by atomic mass is 19.1. The third-order valence-corrected chi connectivity index (χ3v) is 5.11. The smallest absolute Gasteiger partial charge is 0.258 e. The average Bonchev–Trinajstić information content (AvgIpc) is 3.17. The lowest BCUT2D eigenvalue weighted by Gasteiger charge is -2.17. The molecule has 1 aliphatic rings. The lowest BCUT2D eigenvalue weighted by atomic mass is 10.1. The first-order valence-electron chi connectivity index (χ1n) is 9.64. The van der Waals surface area contributed by atoms with Crippen molar-refractivity contribution in [2.75, 3.05) is 18.0 Å². The van der Waals surface area contributed by atoms with Gasteiger partial charge >= 0.3 is 0 Å².